The van der Waals surface area contributed by atoms with Crippen molar-refractivity contribution >= 4 is 16.7 Å². The largest absolute Gasteiger partial charge is 0.512 e. The fourth-order valence-corrected chi connectivity index (χ4v) is 2.77. The second-order valence-corrected chi connectivity index (χ2v) is 10.5. The van der Waals surface area contributed by atoms with Gasteiger partial charge >= 0.3 is 0 Å². The van der Waals surface area contributed by atoms with E-state index in [0.717, 1.165) is 16.8 Å². The van der Waals surface area contributed by atoms with Gasteiger partial charge in [0, 0.05) is 37.0 Å². The second-order valence-electron chi connectivity index (χ2n) is 10.5. The summed E-state index contributed by atoms with van der Waals surface area (Å²) in [4.78, 5) is 16.2. The quantitative estimate of drug-likeness (QED) is 0.181. The van der Waals surface area contributed by atoms with E-state index in [4.69, 9.17) is 4.98 Å². The van der Waals surface area contributed by atoms with Gasteiger partial charge in [-0.25, -0.2) is 0 Å². The molecule has 179 valence electrons. The Bertz CT molecular complexity index is 1150. The van der Waals surface area contributed by atoms with Gasteiger partial charge in [-0.1, -0.05) is 79.2 Å². The van der Waals surface area contributed by atoms with Gasteiger partial charge in [0.1, 0.15) is 5.76 Å². The molecule has 4 heteroatoms. The first kappa shape index (κ1) is 28.7. The van der Waals surface area contributed by atoms with Crippen molar-refractivity contribution in [3.05, 3.63) is 77.1 Å². The van der Waals surface area contributed by atoms with E-state index >= 15 is 0 Å². The van der Waals surface area contributed by atoms with Crippen LogP contribution < -0.4 is 0 Å². The molecule has 1 heterocycles. The van der Waals surface area contributed by atoms with Gasteiger partial charge in [-0.3, -0.25) is 9.78 Å². The van der Waals surface area contributed by atoms with Gasteiger partial charge in [-0.15, -0.1) is 34.9 Å². The Morgan fingerprint density at radius 2 is 1.55 bits per heavy atom. The van der Waals surface area contributed by atoms with Gasteiger partial charge in [0.05, 0.1) is 5.52 Å². The normalized spacial score (nSPS) is 12.0. The zero-order valence-electron chi connectivity index (χ0n) is 21.3. The van der Waals surface area contributed by atoms with Crippen LogP contribution in [0.15, 0.2) is 54.3 Å². The number of carbonyl (C=O) groups excluding carboxylic acids is 1. The Hall–Kier alpha value is -2.29. The van der Waals surface area contributed by atoms with Crippen LogP contribution in [0.4, 0.5) is 0 Å². The van der Waals surface area contributed by atoms with Crippen molar-refractivity contribution in [3.63, 3.8) is 0 Å². The first-order chi connectivity index (χ1) is 14.7. The number of benzene rings is 2. The van der Waals surface area contributed by atoms with Crippen molar-refractivity contribution in [2.24, 2.45) is 10.8 Å². The molecule has 3 aromatic rings. The number of aryl methyl sites for hydroxylation is 3. The molecule has 0 fully saturated rings. The molecular weight excluding hydrogens is 587 g/mol. The summed E-state index contributed by atoms with van der Waals surface area (Å²) in [6.45, 7) is 17.4. The molecule has 0 aliphatic rings. The number of hydrogen-bond acceptors (Lipinski definition) is 3. The molecule has 0 saturated carbocycles. The SMILES string of the molecule is CC(C)(C)C(=O)/C=C(\O)C(C)(C)C.Cc1ccc2nc(-c3[c-]cc(C)c(C)c3)ccc2c1.[Ir]. The molecule has 33 heavy (non-hydrogen) atoms. The molecule has 3 nitrogen and oxygen atoms in total. The summed E-state index contributed by atoms with van der Waals surface area (Å²) < 4.78 is 0. The minimum absolute atomic E-state index is 0. The van der Waals surface area contributed by atoms with Gasteiger partial charge in [0.15, 0.2) is 5.78 Å². The van der Waals surface area contributed by atoms with Crippen molar-refractivity contribution in [2.75, 3.05) is 0 Å². The summed E-state index contributed by atoms with van der Waals surface area (Å²) in [7, 11) is 0. The van der Waals surface area contributed by atoms with Crippen LogP contribution in [0.3, 0.4) is 0 Å². The van der Waals surface area contributed by atoms with E-state index in [0.29, 0.717) is 0 Å². The van der Waals surface area contributed by atoms with E-state index < -0.39 is 5.41 Å². The molecule has 3 rings (SSSR count). The third-order valence-electron chi connectivity index (χ3n) is 5.32. The van der Waals surface area contributed by atoms with E-state index in [2.05, 4.69) is 63.2 Å². The third kappa shape index (κ3) is 8.21. The maximum absolute atomic E-state index is 11.5. The van der Waals surface area contributed by atoms with Gasteiger partial charge < -0.3 is 5.11 Å². The van der Waals surface area contributed by atoms with E-state index in [1.165, 1.54) is 28.2 Å². The van der Waals surface area contributed by atoms with E-state index in [1.54, 1.807) is 0 Å². The van der Waals surface area contributed by atoms with Gasteiger partial charge in [-0.05, 0) is 30.1 Å². The summed E-state index contributed by atoms with van der Waals surface area (Å²) in [6, 6.07) is 18.0. The zero-order chi connectivity index (χ0) is 24.3. The van der Waals surface area contributed by atoms with Crippen molar-refractivity contribution in [3.8, 4) is 11.3 Å². The number of hydrogen-bond donors (Lipinski definition) is 1. The molecule has 0 atom stereocenters. The molecule has 0 bridgehead atoms. The molecule has 1 radical (unpaired) electrons. The number of allylic oxidation sites excluding steroid dienone is 2. The summed E-state index contributed by atoms with van der Waals surface area (Å²) >= 11 is 0. The van der Waals surface area contributed by atoms with E-state index in [1.807, 2.05) is 47.6 Å². The minimum Gasteiger partial charge on any atom is -0.512 e. The number of aliphatic hydroxyl groups excluding tert-OH is 1. The topological polar surface area (TPSA) is 50.2 Å². The van der Waals surface area contributed by atoms with Crippen LogP contribution in [0, 0.1) is 37.7 Å². The summed E-state index contributed by atoms with van der Waals surface area (Å²) in [5.41, 5.74) is 6.12. The number of aromatic nitrogens is 1. The molecule has 0 aliphatic carbocycles. The van der Waals surface area contributed by atoms with E-state index in [9.17, 15) is 9.90 Å². The Labute approximate surface area is 212 Å². The van der Waals surface area contributed by atoms with Crippen LogP contribution >= 0.6 is 0 Å². The Morgan fingerprint density at radius 3 is 2.09 bits per heavy atom. The predicted molar refractivity (Wildman–Crippen MR) is 135 cm³/mol. The van der Waals surface area contributed by atoms with Crippen LogP contribution in [-0.2, 0) is 24.9 Å². The molecular formula is C29H36IrNO2-. The smallest absolute Gasteiger partial charge is 0.164 e. The summed E-state index contributed by atoms with van der Waals surface area (Å²) in [6.07, 6.45) is 1.33. The van der Waals surface area contributed by atoms with Gasteiger partial charge in [0.2, 0.25) is 0 Å². The standard InChI is InChI=1S/C18H16N.C11H20O2.Ir/c1-12-4-8-17-15(10-12)7-9-18(19-17)16-6-5-13(2)14(3)11-16;1-10(2,3)8(12)7-9(13)11(4,5)6;/h4-5,7-11H,1-3H3;7,12H,1-6H3;/q-1;;/b;8-7-;. The van der Waals surface area contributed by atoms with Crippen molar-refractivity contribution in [1.29, 1.82) is 0 Å². The Kier molecular flexibility index (Phi) is 9.78. The van der Waals surface area contributed by atoms with Crippen LogP contribution in [0.2, 0.25) is 0 Å². The average molecular weight is 623 g/mol. The number of pyridine rings is 1. The molecule has 1 aromatic heterocycles. The van der Waals surface area contributed by atoms with Crippen molar-refractivity contribution < 1.29 is 30.0 Å². The average Bonchev–Trinajstić information content (AvgIpc) is 2.68. The van der Waals surface area contributed by atoms with Gasteiger partial charge in [-0.2, -0.15) is 0 Å². The van der Waals surface area contributed by atoms with Crippen LogP contribution in [0.5, 0.6) is 0 Å². The van der Waals surface area contributed by atoms with E-state index in [-0.39, 0.29) is 37.1 Å². The summed E-state index contributed by atoms with van der Waals surface area (Å²) in [5.74, 6) is 0.104. The Morgan fingerprint density at radius 1 is 0.909 bits per heavy atom. The minimum atomic E-state index is -0.417. The molecule has 0 saturated heterocycles. The fraction of sp³-hybridized carbons (Fsp3) is 0.379. The molecule has 0 spiro atoms. The maximum Gasteiger partial charge on any atom is 0.164 e. The maximum atomic E-state index is 11.5. The molecule has 0 aliphatic heterocycles. The molecule has 0 unspecified atom stereocenters. The summed E-state index contributed by atoms with van der Waals surface area (Å²) in [5, 5.41) is 10.7. The Balaban J connectivity index is 0.000000346. The number of fused-ring (bicyclic) bond motifs is 1. The van der Waals surface area contributed by atoms with Gasteiger partial charge in [0.25, 0.3) is 0 Å². The fourth-order valence-electron chi connectivity index (χ4n) is 2.77. The monoisotopic (exact) mass is 623 g/mol. The molecule has 2 aromatic carbocycles. The molecule has 0 amide bonds. The predicted octanol–water partition coefficient (Wildman–Crippen LogP) is 7.71. The number of ketones is 1. The van der Waals surface area contributed by atoms with Crippen LogP contribution in [-0.4, -0.2) is 15.9 Å². The second kappa shape index (κ2) is 11.2. The number of rotatable bonds is 2. The van der Waals surface area contributed by atoms with Crippen molar-refractivity contribution in [1.82, 2.24) is 4.98 Å². The van der Waals surface area contributed by atoms with Crippen molar-refractivity contribution in [2.45, 2.75) is 62.3 Å². The first-order valence-electron chi connectivity index (χ1n) is 11.0. The number of aliphatic hydroxyl groups is 1. The van der Waals surface area contributed by atoms with Crippen LogP contribution in [0.1, 0.15) is 58.2 Å². The molecule has 1 N–H and O–H groups in total. The number of nitrogens with zero attached hydrogens (tertiary/aromatic N) is 1. The first-order valence-corrected chi connectivity index (χ1v) is 11.0. The number of carbonyl (C=O) groups is 1. The van der Waals surface area contributed by atoms with Crippen LogP contribution in [0.25, 0.3) is 22.2 Å². The zero-order valence-corrected chi connectivity index (χ0v) is 23.6. The third-order valence-corrected chi connectivity index (χ3v) is 5.32.